The summed E-state index contributed by atoms with van der Waals surface area (Å²) in [5, 5.41) is 0. The van der Waals surface area contributed by atoms with Crippen LogP contribution in [0.5, 0.6) is 5.75 Å². The van der Waals surface area contributed by atoms with Gasteiger partial charge in [0.1, 0.15) is 5.75 Å². The number of hydrogen-bond acceptors (Lipinski definition) is 3. The van der Waals surface area contributed by atoms with Gasteiger partial charge in [-0.25, -0.2) is 8.78 Å². The number of hydrogen-bond donors (Lipinski definition) is 1. The third-order valence-electron chi connectivity index (χ3n) is 3.55. The molecule has 19 heavy (non-hydrogen) atoms. The minimum Gasteiger partial charge on any atom is -0.495 e. The summed E-state index contributed by atoms with van der Waals surface area (Å²) in [5.41, 5.74) is 8.21. The van der Waals surface area contributed by atoms with Gasteiger partial charge in [0.05, 0.1) is 19.3 Å². The number of nitrogens with zero attached hydrogens (tertiary/aromatic N) is 1. The molecule has 0 saturated carbocycles. The first-order chi connectivity index (χ1) is 8.96. The summed E-state index contributed by atoms with van der Waals surface area (Å²) < 4.78 is 32.3. The molecule has 0 atom stereocenters. The van der Waals surface area contributed by atoms with Crippen molar-refractivity contribution in [2.45, 2.75) is 32.1 Å². The first kappa shape index (κ1) is 13.9. The molecule has 5 heteroatoms. The summed E-state index contributed by atoms with van der Waals surface area (Å²) in [6.07, 6.45) is 1.23. The first-order valence-electron chi connectivity index (χ1n) is 6.56. The van der Waals surface area contributed by atoms with Gasteiger partial charge in [0.15, 0.2) is 0 Å². The van der Waals surface area contributed by atoms with Gasteiger partial charge in [0.2, 0.25) is 0 Å². The van der Waals surface area contributed by atoms with Crippen molar-refractivity contribution in [2.24, 2.45) is 0 Å². The Hall–Kier alpha value is -1.52. The zero-order valence-electron chi connectivity index (χ0n) is 11.4. The van der Waals surface area contributed by atoms with Gasteiger partial charge in [0.25, 0.3) is 5.92 Å². The molecule has 2 rings (SSSR count). The number of rotatable bonds is 3. The van der Waals surface area contributed by atoms with E-state index in [1.165, 1.54) is 7.11 Å². The summed E-state index contributed by atoms with van der Waals surface area (Å²) in [5.74, 6) is -2.07. The number of nitrogen functional groups attached to an aromatic ring is 1. The van der Waals surface area contributed by atoms with Crippen molar-refractivity contribution < 1.29 is 13.5 Å². The molecule has 0 unspecified atom stereocenters. The smallest absolute Gasteiger partial charge is 0.265 e. The predicted molar refractivity (Wildman–Crippen MR) is 73.2 cm³/mol. The molecule has 0 amide bonds. The van der Waals surface area contributed by atoms with E-state index in [0.717, 1.165) is 17.7 Å². The van der Waals surface area contributed by atoms with Crippen molar-refractivity contribution in [2.75, 3.05) is 30.8 Å². The minimum absolute atomic E-state index is 0.0307. The lowest BCUT2D eigenvalue weighted by atomic mass is 10.0. The van der Waals surface area contributed by atoms with E-state index in [1.807, 2.05) is 13.0 Å². The van der Waals surface area contributed by atoms with Crippen LogP contribution in [0.25, 0.3) is 0 Å². The van der Waals surface area contributed by atoms with Gasteiger partial charge < -0.3 is 15.4 Å². The average Bonchev–Trinajstić information content (AvgIpc) is 2.37. The fourth-order valence-corrected chi connectivity index (χ4v) is 2.56. The first-order valence-corrected chi connectivity index (χ1v) is 6.56. The second-order valence-corrected chi connectivity index (χ2v) is 4.96. The van der Waals surface area contributed by atoms with Gasteiger partial charge in [-0.05, 0) is 24.5 Å². The average molecular weight is 270 g/mol. The molecule has 2 N–H and O–H groups in total. The third-order valence-corrected chi connectivity index (χ3v) is 3.55. The van der Waals surface area contributed by atoms with Crippen LogP contribution in [-0.2, 0) is 6.42 Å². The molecule has 106 valence electrons. The molecular formula is C14H20F2N2O. The van der Waals surface area contributed by atoms with Gasteiger partial charge in [-0.15, -0.1) is 0 Å². The molecule has 1 fully saturated rings. The minimum atomic E-state index is -2.61. The summed E-state index contributed by atoms with van der Waals surface area (Å²) >= 11 is 0. The molecule has 1 aromatic carbocycles. The molecule has 1 aromatic rings. The number of anilines is 2. The Balaban J connectivity index is 2.37. The second-order valence-electron chi connectivity index (χ2n) is 4.96. The Kier molecular flexibility index (Phi) is 3.83. The van der Waals surface area contributed by atoms with E-state index in [-0.39, 0.29) is 13.0 Å². The van der Waals surface area contributed by atoms with E-state index >= 15 is 0 Å². The molecule has 0 aromatic heterocycles. The maximum atomic E-state index is 13.5. The molecule has 1 aliphatic rings. The van der Waals surface area contributed by atoms with Crippen molar-refractivity contribution in [1.29, 1.82) is 0 Å². The molecule has 1 aliphatic heterocycles. The van der Waals surface area contributed by atoms with Crippen molar-refractivity contribution in [3.05, 3.63) is 17.7 Å². The molecule has 3 nitrogen and oxygen atoms in total. The number of ether oxygens (including phenoxy) is 1. The van der Waals surface area contributed by atoms with Crippen LogP contribution in [0.2, 0.25) is 0 Å². The van der Waals surface area contributed by atoms with Crippen LogP contribution in [0.4, 0.5) is 20.2 Å². The van der Waals surface area contributed by atoms with Gasteiger partial charge in [-0.3, -0.25) is 0 Å². The van der Waals surface area contributed by atoms with Gasteiger partial charge >= 0.3 is 0 Å². The molecule has 0 spiro atoms. The van der Waals surface area contributed by atoms with Crippen LogP contribution in [-0.4, -0.2) is 26.1 Å². The molecule has 0 aliphatic carbocycles. The van der Waals surface area contributed by atoms with Crippen LogP contribution in [0.1, 0.15) is 25.3 Å². The molecular weight excluding hydrogens is 250 g/mol. The van der Waals surface area contributed by atoms with Crippen molar-refractivity contribution in [1.82, 2.24) is 0 Å². The Labute approximate surface area is 112 Å². The van der Waals surface area contributed by atoms with E-state index in [2.05, 4.69) is 0 Å². The van der Waals surface area contributed by atoms with E-state index < -0.39 is 5.92 Å². The SMILES string of the molecule is CCc1cc(N)c(OC)cc1N1CCCC(F)(F)C1. The summed E-state index contributed by atoms with van der Waals surface area (Å²) in [6.45, 7) is 2.41. The maximum Gasteiger partial charge on any atom is 0.265 e. The number of nitrogens with two attached hydrogens (primary N) is 1. The summed E-state index contributed by atoms with van der Waals surface area (Å²) in [4.78, 5) is 1.74. The number of benzene rings is 1. The van der Waals surface area contributed by atoms with Crippen LogP contribution < -0.4 is 15.4 Å². The van der Waals surface area contributed by atoms with E-state index in [0.29, 0.717) is 24.4 Å². The highest BCUT2D eigenvalue weighted by atomic mass is 19.3. The largest absolute Gasteiger partial charge is 0.495 e. The number of methoxy groups -OCH3 is 1. The summed E-state index contributed by atoms with van der Waals surface area (Å²) in [7, 11) is 1.53. The van der Waals surface area contributed by atoms with Crippen LogP contribution in [0.3, 0.4) is 0 Å². The van der Waals surface area contributed by atoms with Crippen LogP contribution in [0.15, 0.2) is 12.1 Å². The lowest BCUT2D eigenvalue weighted by Gasteiger charge is -2.35. The Bertz CT molecular complexity index is 463. The number of aryl methyl sites for hydroxylation is 1. The highest BCUT2D eigenvalue weighted by Gasteiger charge is 2.35. The number of alkyl halides is 2. The lowest BCUT2D eigenvalue weighted by molar-refractivity contribution is -0.0117. The van der Waals surface area contributed by atoms with Crippen LogP contribution in [0, 0.1) is 0 Å². The van der Waals surface area contributed by atoms with E-state index in [1.54, 1.807) is 11.0 Å². The Morgan fingerprint density at radius 1 is 1.42 bits per heavy atom. The monoisotopic (exact) mass is 270 g/mol. The zero-order valence-corrected chi connectivity index (χ0v) is 11.4. The highest BCUT2D eigenvalue weighted by molar-refractivity contribution is 5.67. The fraction of sp³-hybridized carbons (Fsp3) is 0.571. The predicted octanol–water partition coefficient (Wildman–Crippen LogP) is 3.08. The standard InChI is InChI=1S/C14H20F2N2O/c1-3-10-7-11(17)13(19-2)8-12(10)18-6-4-5-14(15,16)9-18/h7-8H,3-6,9,17H2,1-2H3. The maximum absolute atomic E-state index is 13.5. The molecule has 1 saturated heterocycles. The normalized spacial score (nSPS) is 18.4. The molecule has 0 bridgehead atoms. The van der Waals surface area contributed by atoms with Gasteiger partial charge in [0, 0.05) is 24.7 Å². The zero-order chi connectivity index (χ0) is 14.0. The topological polar surface area (TPSA) is 38.5 Å². The third kappa shape index (κ3) is 2.91. The van der Waals surface area contributed by atoms with Crippen molar-refractivity contribution in [3.63, 3.8) is 0 Å². The molecule has 0 radical (unpaired) electrons. The number of piperidine rings is 1. The highest BCUT2D eigenvalue weighted by Crippen LogP contribution is 2.36. The number of halogens is 2. The van der Waals surface area contributed by atoms with Crippen LogP contribution >= 0.6 is 0 Å². The second kappa shape index (κ2) is 5.23. The quantitative estimate of drug-likeness (QED) is 0.858. The molecule has 1 heterocycles. The summed E-state index contributed by atoms with van der Waals surface area (Å²) in [6, 6.07) is 3.59. The fourth-order valence-electron chi connectivity index (χ4n) is 2.56. The Morgan fingerprint density at radius 2 is 2.16 bits per heavy atom. The Morgan fingerprint density at radius 3 is 2.74 bits per heavy atom. The van der Waals surface area contributed by atoms with E-state index in [4.69, 9.17) is 10.5 Å². The van der Waals surface area contributed by atoms with Crippen molar-refractivity contribution in [3.8, 4) is 5.75 Å². The van der Waals surface area contributed by atoms with Crippen molar-refractivity contribution >= 4 is 11.4 Å². The van der Waals surface area contributed by atoms with Gasteiger partial charge in [-0.2, -0.15) is 0 Å². The lowest BCUT2D eigenvalue weighted by Crippen LogP contribution is -2.43. The van der Waals surface area contributed by atoms with Gasteiger partial charge in [-0.1, -0.05) is 6.92 Å². The van der Waals surface area contributed by atoms with E-state index in [9.17, 15) is 8.78 Å².